The Bertz CT molecular complexity index is 479. The van der Waals surface area contributed by atoms with Crippen LogP contribution in [0.4, 0.5) is 4.39 Å². The van der Waals surface area contributed by atoms with E-state index in [0.29, 0.717) is 6.04 Å². The van der Waals surface area contributed by atoms with Crippen LogP contribution in [0, 0.1) is 5.82 Å². The summed E-state index contributed by atoms with van der Waals surface area (Å²) in [4.78, 5) is 1.30. The van der Waals surface area contributed by atoms with Crippen LogP contribution in [0.5, 0.6) is 0 Å². The van der Waals surface area contributed by atoms with Crippen molar-refractivity contribution in [1.29, 1.82) is 0 Å². The van der Waals surface area contributed by atoms with Crippen molar-refractivity contribution in [3.8, 4) is 0 Å². The van der Waals surface area contributed by atoms with Crippen LogP contribution in [0.3, 0.4) is 0 Å². The van der Waals surface area contributed by atoms with E-state index in [1.165, 1.54) is 10.9 Å². The normalized spacial score (nSPS) is 12.9. The lowest BCUT2D eigenvalue weighted by Crippen LogP contribution is -2.29. The minimum Gasteiger partial charge on any atom is -0.307 e. The highest BCUT2D eigenvalue weighted by molar-refractivity contribution is 7.10. The molecule has 1 nitrogen and oxygen atoms in total. The van der Waals surface area contributed by atoms with Gasteiger partial charge in [-0.2, -0.15) is 0 Å². The van der Waals surface area contributed by atoms with Crippen LogP contribution in [-0.2, 0) is 6.42 Å². The molecule has 18 heavy (non-hydrogen) atoms. The topological polar surface area (TPSA) is 12.0 Å². The zero-order chi connectivity index (χ0) is 13.0. The van der Waals surface area contributed by atoms with Gasteiger partial charge in [0.25, 0.3) is 0 Å². The first-order valence-corrected chi connectivity index (χ1v) is 7.07. The zero-order valence-electron chi connectivity index (χ0n) is 10.7. The summed E-state index contributed by atoms with van der Waals surface area (Å²) in [7, 11) is 0. The van der Waals surface area contributed by atoms with Gasteiger partial charge in [-0.05, 0) is 35.6 Å². The van der Waals surface area contributed by atoms with Gasteiger partial charge in [0, 0.05) is 17.0 Å². The number of hydrogen-bond donors (Lipinski definition) is 1. The van der Waals surface area contributed by atoms with E-state index in [-0.39, 0.29) is 11.9 Å². The fourth-order valence-corrected chi connectivity index (χ4v) is 2.82. The Morgan fingerprint density at radius 1 is 1.22 bits per heavy atom. The molecule has 0 spiro atoms. The van der Waals surface area contributed by atoms with Crippen LogP contribution >= 0.6 is 11.3 Å². The monoisotopic (exact) mass is 263 g/mol. The molecule has 96 valence electrons. The van der Waals surface area contributed by atoms with Crippen LogP contribution in [0.2, 0.25) is 0 Å². The first kappa shape index (κ1) is 13.2. The van der Waals surface area contributed by atoms with Gasteiger partial charge in [-0.3, -0.25) is 0 Å². The molecule has 0 fully saturated rings. The molecule has 0 radical (unpaired) electrons. The molecule has 2 aromatic rings. The molecule has 0 saturated carbocycles. The van der Waals surface area contributed by atoms with E-state index in [4.69, 9.17) is 0 Å². The molecule has 1 N–H and O–H groups in total. The lowest BCUT2D eigenvalue weighted by molar-refractivity contribution is 0.479. The van der Waals surface area contributed by atoms with Crippen LogP contribution in [0.25, 0.3) is 0 Å². The number of benzene rings is 1. The molecule has 0 amide bonds. The van der Waals surface area contributed by atoms with E-state index in [1.807, 2.05) is 6.07 Å². The molecular formula is C15H18FNS. The molecule has 0 saturated heterocycles. The van der Waals surface area contributed by atoms with Crippen molar-refractivity contribution in [1.82, 2.24) is 5.32 Å². The molecule has 0 aliphatic heterocycles. The molecule has 0 bridgehead atoms. The molecule has 1 atom stereocenters. The summed E-state index contributed by atoms with van der Waals surface area (Å²) in [5, 5.41) is 5.62. The van der Waals surface area contributed by atoms with Crippen LogP contribution in [0.15, 0.2) is 41.8 Å². The lowest BCUT2D eigenvalue weighted by Gasteiger charge is -2.20. The van der Waals surface area contributed by atoms with Gasteiger partial charge in [0.15, 0.2) is 0 Å². The molecule has 1 unspecified atom stereocenters. The van der Waals surface area contributed by atoms with E-state index >= 15 is 0 Å². The van der Waals surface area contributed by atoms with Crippen molar-refractivity contribution in [3.05, 3.63) is 58.0 Å². The highest BCUT2D eigenvalue weighted by Crippen LogP contribution is 2.23. The predicted molar refractivity (Wildman–Crippen MR) is 75.4 cm³/mol. The van der Waals surface area contributed by atoms with Crippen molar-refractivity contribution < 1.29 is 4.39 Å². The van der Waals surface area contributed by atoms with E-state index < -0.39 is 0 Å². The van der Waals surface area contributed by atoms with Crippen molar-refractivity contribution in [3.63, 3.8) is 0 Å². The number of rotatable bonds is 5. The molecule has 2 rings (SSSR count). The first-order valence-electron chi connectivity index (χ1n) is 6.19. The first-order chi connectivity index (χ1) is 8.65. The molecule has 1 aromatic heterocycles. The van der Waals surface area contributed by atoms with E-state index in [9.17, 15) is 4.39 Å². The third-order valence-corrected chi connectivity index (χ3v) is 3.74. The number of nitrogens with one attached hydrogen (secondary N) is 1. The van der Waals surface area contributed by atoms with E-state index in [2.05, 4.69) is 36.7 Å². The lowest BCUT2D eigenvalue weighted by atomic mass is 10.0. The summed E-state index contributed by atoms with van der Waals surface area (Å²) < 4.78 is 13.2. The van der Waals surface area contributed by atoms with Gasteiger partial charge in [0.1, 0.15) is 5.82 Å². The maximum absolute atomic E-state index is 13.2. The van der Waals surface area contributed by atoms with Crippen LogP contribution < -0.4 is 5.32 Å². The summed E-state index contributed by atoms with van der Waals surface area (Å²) in [6.45, 7) is 4.26. The predicted octanol–water partition coefficient (Wildman–Crippen LogP) is 4.17. The SMILES string of the molecule is CC(C)NC(Cc1cccc(F)c1)c1cccs1. The third-order valence-electron chi connectivity index (χ3n) is 2.75. The average molecular weight is 263 g/mol. The van der Waals surface area contributed by atoms with Gasteiger partial charge in [-0.1, -0.05) is 32.0 Å². The number of hydrogen-bond acceptors (Lipinski definition) is 2. The third kappa shape index (κ3) is 3.65. The van der Waals surface area contributed by atoms with Crippen LogP contribution in [0.1, 0.15) is 30.3 Å². The quantitative estimate of drug-likeness (QED) is 0.853. The van der Waals surface area contributed by atoms with Gasteiger partial charge < -0.3 is 5.32 Å². The van der Waals surface area contributed by atoms with Crippen LogP contribution in [-0.4, -0.2) is 6.04 Å². The standard InChI is InChI=1S/C15H18FNS/c1-11(2)17-14(15-7-4-8-18-15)10-12-5-3-6-13(16)9-12/h3-9,11,14,17H,10H2,1-2H3. The summed E-state index contributed by atoms with van der Waals surface area (Å²) in [5.41, 5.74) is 1.03. The maximum Gasteiger partial charge on any atom is 0.123 e. The molecule has 0 aliphatic carbocycles. The zero-order valence-corrected chi connectivity index (χ0v) is 11.5. The Morgan fingerprint density at radius 2 is 2.06 bits per heavy atom. The second-order valence-electron chi connectivity index (χ2n) is 4.72. The molecule has 1 heterocycles. The Labute approximate surface area is 112 Å². The van der Waals surface area contributed by atoms with E-state index in [0.717, 1.165) is 12.0 Å². The number of thiophene rings is 1. The Kier molecular flexibility index (Phi) is 4.50. The Morgan fingerprint density at radius 3 is 2.67 bits per heavy atom. The Hall–Kier alpha value is -1.19. The van der Waals surface area contributed by atoms with Crippen molar-refractivity contribution in [2.24, 2.45) is 0 Å². The largest absolute Gasteiger partial charge is 0.307 e. The van der Waals surface area contributed by atoms with Crippen molar-refractivity contribution in [2.45, 2.75) is 32.4 Å². The van der Waals surface area contributed by atoms with Gasteiger partial charge in [0.05, 0.1) is 0 Å². The molecule has 3 heteroatoms. The summed E-state index contributed by atoms with van der Waals surface area (Å²) >= 11 is 1.74. The second-order valence-corrected chi connectivity index (χ2v) is 5.70. The molecule has 1 aromatic carbocycles. The van der Waals surface area contributed by atoms with Crippen molar-refractivity contribution >= 4 is 11.3 Å². The van der Waals surface area contributed by atoms with Gasteiger partial charge in [0.2, 0.25) is 0 Å². The molecular weight excluding hydrogens is 245 g/mol. The fourth-order valence-electron chi connectivity index (χ4n) is 2.03. The highest BCUT2D eigenvalue weighted by Gasteiger charge is 2.14. The van der Waals surface area contributed by atoms with Gasteiger partial charge in [-0.15, -0.1) is 11.3 Å². The maximum atomic E-state index is 13.2. The van der Waals surface area contributed by atoms with Gasteiger partial charge >= 0.3 is 0 Å². The second kappa shape index (κ2) is 6.12. The fraction of sp³-hybridized carbons (Fsp3) is 0.333. The summed E-state index contributed by atoms with van der Waals surface area (Å²) in [5.74, 6) is -0.165. The van der Waals surface area contributed by atoms with E-state index in [1.54, 1.807) is 23.5 Å². The summed E-state index contributed by atoms with van der Waals surface area (Å²) in [6, 6.07) is 11.7. The average Bonchev–Trinajstić information content (AvgIpc) is 2.80. The Balaban J connectivity index is 2.15. The smallest absolute Gasteiger partial charge is 0.123 e. The highest BCUT2D eigenvalue weighted by atomic mass is 32.1. The molecule has 0 aliphatic rings. The van der Waals surface area contributed by atoms with Crippen molar-refractivity contribution in [2.75, 3.05) is 0 Å². The number of halogens is 1. The minimum atomic E-state index is -0.165. The summed E-state index contributed by atoms with van der Waals surface area (Å²) in [6.07, 6.45) is 0.816. The minimum absolute atomic E-state index is 0.165. The van der Waals surface area contributed by atoms with Gasteiger partial charge in [-0.25, -0.2) is 4.39 Å².